The van der Waals surface area contributed by atoms with Gasteiger partial charge in [-0.25, -0.2) is 9.37 Å². The van der Waals surface area contributed by atoms with Gasteiger partial charge in [0.1, 0.15) is 17.2 Å². The van der Waals surface area contributed by atoms with E-state index in [2.05, 4.69) is 15.6 Å². The van der Waals surface area contributed by atoms with Gasteiger partial charge in [0.25, 0.3) is 11.8 Å². The Morgan fingerprint density at radius 2 is 1.59 bits per heavy atom. The number of rotatable bonds is 6. The average molecular weight is 391 g/mol. The van der Waals surface area contributed by atoms with Crippen molar-refractivity contribution >= 4 is 23.3 Å². The van der Waals surface area contributed by atoms with E-state index in [1.54, 1.807) is 42.5 Å². The highest BCUT2D eigenvalue weighted by molar-refractivity contribution is 6.04. The summed E-state index contributed by atoms with van der Waals surface area (Å²) in [5.74, 6) is -1.58. The van der Waals surface area contributed by atoms with Crippen molar-refractivity contribution in [2.75, 3.05) is 5.32 Å². The summed E-state index contributed by atoms with van der Waals surface area (Å²) in [6.45, 7) is 1.44. The number of aromatic nitrogens is 1. The molecule has 2 aromatic carbocycles. The van der Waals surface area contributed by atoms with E-state index in [1.807, 2.05) is 0 Å². The summed E-state index contributed by atoms with van der Waals surface area (Å²) in [6.07, 6.45) is 0. The lowest BCUT2D eigenvalue weighted by Gasteiger charge is -2.08. The van der Waals surface area contributed by atoms with Gasteiger partial charge in [0.15, 0.2) is 5.78 Å². The number of benzene rings is 2. The van der Waals surface area contributed by atoms with Gasteiger partial charge in [0.05, 0.1) is 0 Å². The molecule has 2 amide bonds. The molecule has 146 valence electrons. The van der Waals surface area contributed by atoms with E-state index in [9.17, 15) is 18.8 Å². The highest BCUT2D eigenvalue weighted by Crippen LogP contribution is 2.13. The van der Waals surface area contributed by atoms with Crippen molar-refractivity contribution in [3.63, 3.8) is 0 Å². The van der Waals surface area contributed by atoms with Crippen molar-refractivity contribution in [3.8, 4) is 0 Å². The molecule has 0 saturated carbocycles. The van der Waals surface area contributed by atoms with Crippen LogP contribution in [0.25, 0.3) is 0 Å². The van der Waals surface area contributed by atoms with Crippen LogP contribution in [-0.2, 0) is 6.54 Å². The molecule has 0 spiro atoms. The van der Waals surface area contributed by atoms with Gasteiger partial charge in [-0.15, -0.1) is 0 Å². The third-order valence-corrected chi connectivity index (χ3v) is 4.14. The molecular weight excluding hydrogens is 373 g/mol. The molecule has 0 aliphatic heterocycles. The minimum absolute atomic E-state index is 0.00144. The number of anilines is 1. The third-order valence-electron chi connectivity index (χ3n) is 4.14. The van der Waals surface area contributed by atoms with Crippen molar-refractivity contribution in [3.05, 3.63) is 95.1 Å². The van der Waals surface area contributed by atoms with Crippen LogP contribution in [0.5, 0.6) is 0 Å². The number of pyridine rings is 1. The molecule has 1 aromatic heterocycles. The number of hydrogen-bond acceptors (Lipinski definition) is 4. The SMILES string of the molecule is CC(=O)c1cccc(NC(=O)c2cccc(C(=O)NCc3ccccc3F)n2)c1. The van der Waals surface area contributed by atoms with Gasteiger partial charge in [-0.3, -0.25) is 14.4 Å². The molecule has 0 atom stereocenters. The van der Waals surface area contributed by atoms with Crippen LogP contribution in [0.1, 0.15) is 43.8 Å². The number of ketones is 1. The van der Waals surface area contributed by atoms with Crippen molar-refractivity contribution in [1.82, 2.24) is 10.3 Å². The predicted octanol–water partition coefficient (Wildman–Crippen LogP) is 3.61. The topological polar surface area (TPSA) is 88.2 Å². The summed E-state index contributed by atoms with van der Waals surface area (Å²) in [7, 11) is 0. The Hall–Kier alpha value is -3.87. The van der Waals surface area contributed by atoms with Crippen LogP contribution in [0.4, 0.5) is 10.1 Å². The van der Waals surface area contributed by atoms with Gasteiger partial charge < -0.3 is 10.6 Å². The van der Waals surface area contributed by atoms with Gasteiger partial charge >= 0.3 is 0 Å². The Bertz CT molecular complexity index is 1080. The Labute approximate surface area is 166 Å². The molecule has 0 aliphatic rings. The van der Waals surface area contributed by atoms with Crippen molar-refractivity contribution in [2.24, 2.45) is 0 Å². The van der Waals surface area contributed by atoms with Crippen LogP contribution in [0, 0.1) is 5.82 Å². The lowest BCUT2D eigenvalue weighted by molar-refractivity contribution is 0.0944. The Kier molecular flexibility index (Phi) is 6.09. The molecule has 2 N–H and O–H groups in total. The number of hydrogen-bond donors (Lipinski definition) is 2. The molecule has 29 heavy (non-hydrogen) atoms. The zero-order chi connectivity index (χ0) is 20.8. The van der Waals surface area contributed by atoms with Crippen molar-refractivity contribution in [1.29, 1.82) is 0 Å². The van der Waals surface area contributed by atoms with Gasteiger partial charge in [0, 0.05) is 23.4 Å². The highest BCUT2D eigenvalue weighted by Gasteiger charge is 2.13. The normalized spacial score (nSPS) is 10.3. The second kappa shape index (κ2) is 8.88. The lowest BCUT2D eigenvalue weighted by Crippen LogP contribution is -2.25. The van der Waals surface area contributed by atoms with Gasteiger partial charge in [0.2, 0.25) is 0 Å². The first kappa shape index (κ1) is 19.9. The number of carbonyl (C=O) groups is 3. The van der Waals surface area contributed by atoms with Gasteiger partial charge in [-0.05, 0) is 37.3 Å². The third kappa shape index (κ3) is 5.10. The van der Waals surface area contributed by atoms with Crippen molar-refractivity contribution in [2.45, 2.75) is 13.5 Å². The smallest absolute Gasteiger partial charge is 0.274 e. The average Bonchev–Trinajstić information content (AvgIpc) is 2.73. The molecule has 0 bridgehead atoms. The van der Waals surface area contributed by atoms with E-state index in [-0.39, 0.29) is 23.7 Å². The number of amides is 2. The molecule has 3 aromatic rings. The maximum absolute atomic E-state index is 13.7. The summed E-state index contributed by atoms with van der Waals surface area (Å²) in [6, 6.07) is 17.1. The molecular formula is C22H18FN3O3. The summed E-state index contributed by atoms with van der Waals surface area (Å²) in [4.78, 5) is 40.3. The Morgan fingerprint density at radius 3 is 2.31 bits per heavy atom. The van der Waals surface area contributed by atoms with Crippen LogP contribution in [0.15, 0.2) is 66.7 Å². The number of nitrogens with zero attached hydrogens (tertiary/aromatic N) is 1. The number of Topliss-reactive ketones (excluding diaryl/α,β-unsaturated/α-hetero) is 1. The monoisotopic (exact) mass is 391 g/mol. The first-order chi connectivity index (χ1) is 13.9. The fraction of sp³-hybridized carbons (Fsp3) is 0.0909. The highest BCUT2D eigenvalue weighted by atomic mass is 19.1. The summed E-state index contributed by atoms with van der Waals surface area (Å²) < 4.78 is 13.7. The zero-order valence-electron chi connectivity index (χ0n) is 15.6. The predicted molar refractivity (Wildman–Crippen MR) is 106 cm³/mol. The van der Waals surface area contributed by atoms with Crippen LogP contribution in [-0.4, -0.2) is 22.6 Å². The van der Waals surface area contributed by atoms with E-state index >= 15 is 0 Å². The van der Waals surface area contributed by atoms with E-state index in [0.717, 1.165) is 0 Å². The van der Waals surface area contributed by atoms with Crippen LogP contribution < -0.4 is 10.6 Å². The maximum Gasteiger partial charge on any atom is 0.274 e. The maximum atomic E-state index is 13.7. The fourth-order valence-electron chi connectivity index (χ4n) is 2.61. The second-order valence-corrected chi connectivity index (χ2v) is 6.27. The first-order valence-corrected chi connectivity index (χ1v) is 8.85. The zero-order valence-corrected chi connectivity index (χ0v) is 15.6. The molecule has 0 radical (unpaired) electrons. The molecule has 7 heteroatoms. The minimum atomic E-state index is -0.526. The second-order valence-electron chi connectivity index (χ2n) is 6.27. The molecule has 3 rings (SSSR count). The van der Waals surface area contributed by atoms with Crippen LogP contribution >= 0.6 is 0 Å². The Balaban J connectivity index is 1.69. The quantitative estimate of drug-likeness (QED) is 0.629. The number of halogens is 1. The van der Waals surface area contributed by atoms with Crippen molar-refractivity contribution < 1.29 is 18.8 Å². The summed E-state index contributed by atoms with van der Waals surface area (Å²) in [5, 5.41) is 5.23. The van der Waals surface area contributed by atoms with Crippen LogP contribution in [0.3, 0.4) is 0 Å². The molecule has 0 unspecified atom stereocenters. The summed E-state index contributed by atoms with van der Waals surface area (Å²) >= 11 is 0. The number of nitrogens with one attached hydrogen (secondary N) is 2. The van der Waals surface area contributed by atoms with E-state index in [0.29, 0.717) is 16.8 Å². The minimum Gasteiger partial charge on any atom is -0.347 e. The Morgan fingerprint density at radius 1 is 0.897 bits per heavy atom. The van der Waals surface area contributed by atoms with Gasteiger partial charge in [-0.2, -0.15) is 0 Å². The molecule has 6 nitrogen and oxygen atoms in total. The van der Waals surface area contributed by atoms with Crippen LogP contribution in [0.2, 0.25) is 0 Å². The van der Waals surface area contributed by atoms with E-state index in [4.69, 9.17) is 0 Å². The van der Waals surface area contributed by atoms with E-state index < -0.39 is 17.6 Å². The molecule has 0 saturated heterocycles. The molecule has 0 fully saturated rings. The fourth-order valence-corrected chi connectivity index (χ4v) is 2.61. The molecule has 0 aliphatic carbocycles. The van der Waals surface area contributed by atoms with Gasteiger partial charge in [-0.1, -0.05) is 36.4 Å². The summed E-state index contributed by atoms with van der Waals surface area (Å²) in [5.41, 5.74) is 1.33. The lowest BCUT2D eigenvalue weighted by atomic mass is 10.1. The first-order valence-electron chi connectivity index (χ1n) is 8.85. The number of carbonyl (C=O) groups excluding carboxylic acids is 3. The van der Waals surface area contributed by atoms with E-state index in [1.165, 1.54) is 31.2 Å². The standard InChI is InChI=1S/C22H18FN3O3/c1-14(27)15-7-4-8-17(12-15)25-22(29)20-11-5-10-19(26-20)21(28)24-13-16-6-2-3-9-18(16)23/h2-12H,13H2,1H3,(H,24,28)(H,25,29). The molecule has 1 heterocycles. The largest absolute Gasteiger partial charge is 0.347 e.